The van der Waals surface area contributed by atoms with E-state index in [0.717, 1.165) is 11.8 Å². The van der Waals surface area contributed by atoms with Gasteiger partial charge in [-0.15, -0.1) is 0 Å². The Balaban J connectivity index is 2.44. The molecule has 0 saturated heterocycles. The van der Waals surface area contributed by atoms with Gasteiger partial charge >= 0.3 is 0 Å². The second kappa shape index (κ2) is 4.68. The van der Waals surface area contributed by atoms with Crippen LogP contribution in [0.15, 0.2) is 18.2 Å². The Bertz CT molecular complexity index is 580. The van der Waals surface area contributed by atoms with Crippen LogP contribution in [0.25, 0.3) is 0 Å². The molecule has 0 fully saturated rings. The fraction of sp³-hybridized carbons (Fsp3) is 0.538. The lowest BCUT2D eigenvalue weighted by molar-refractivity contribution is 0.0700. The first-order valence-electron chi connectivity index (χ1n) is 6.04. The summed E-state index contributed by atoms with van der Waals surface area (Å²) in [5.74, 6) is 1.38. The average molecular weight is 285 g/mol. The molecule has 1 aliphatic rings. The molecular formula is C13H19NO4S. The van der Waals surface area contributed by atoms with Crippen molar-refractivity contribution in [3.63, 3.8) is 0 Å². The summed E-state index contributed by atoms with van der Waals surface area (Å²) in [6, 6.07) is 5.13. The highest BCUT2D eigenvalue weighted by molar-refractivity contribution is 7.88. The van der Waals surface area contributed by atoms with Crippen molar-refractivity contribution in [1.29, 1.82) is 0 Å². The van der Waals surface area contributed by atoms with Gasteiger partial charge in [0.1, 0.15) is 17.1 Å². The lowest BCUT2D eigenvalue weighted by atomic mass is 9.90. The summed E-state index contributed by atoms with van der Waals surface area (Å²) >= 11 is 0. The topological polar surface area (TPSA) is 64.6 Å². The first-order chi connectivity index (χ1) is 8.70. The van der Waals surface area contributed by atoms with Crippen LogP contribution in [0.2, 0.25) is 0 Å². The molecule has 2 rings (SSSR count). The van der Waals surface area contributed by atoms with E-state index in [1.807, 2.05) is 26.0 Å². The molecule has 1 heterocycles. The van der Waals surface area contributed by atoms with Gasteiger partial charge in [0.2, 0.25) is 10.0 Å². The Morgan fingerprint density at radius 2 is 2.11 bits per heavy atom. The van der Waals surface area contributed by atoms with Gasteiger partial charge in [-0.2, -0.15) is 0 Å². The van der Waals surface area contributed by atoms with Crippen molar-refractivity contribution in [1.82, 2.24) is 4.72 Å². The van der Waals surface area contributed by atoms with Gasteiger partial charge in [-0.1, -0.05) is 0 Å². The summed E-state index contributed by atoms with van der Waals surface area (Å²) in [6.45, 7) is 3.88. The third kappa shape index (κ3) is 3.39. The van der Waals surface area contributed by atoms with E-state index in [4.69, 9.17) is 9.47 Å². The number of benzene rings is 1. The number of hydrogen-bond acceptors (Lipinski definition) is 4. The van der Waals surface area contributed by atoms with Crippen molar-refractivity contribution in [3.8, 4) is 11.5 Å². The Hall–Kier alpha value is -1.27. The molecule has 1 aliphatic heterocycles. The van der Waals surface area contributed by atoms with E-state index in [1.165, 1.54) is 0 Å². The van der Waals surface area contributed by atoms with Crippen LogP contribution < -0.4 is 14.2 Å². The number of ether oxygens (including phenoxy) is 2. The molecular weight excluding hydrogens is 266 g/mol. The molecule has 0 aliphatic carbocycles. The van der Waals surface area contributed by atoms with Gasteiger partial charge in [0.05, 0.1) is 19.4 Å². The first-order valence-corrected chi connectivity index (χ1v) is 7.93. The number of methoxy groups -OCH3 is 1. The van der Waals surface area contributed by atoms with Gasteiger partial charge in [0, 0.05) is 12.0 Å². The highest BCUT2D eigenvalue weighted by Gasteiger charge is 2.35. The lowest BCUT2D eigenvalue weighted by Gasteiger charge is -2.37. The summed E-state index contributed by atoms with van der Waals surface area (Å²) in [5, 5.41) is 0. The number of sulfonamides is 1. The standard InChI is InChI=1S/C13H19NO4S/c1-13(2)8-11(14-19(4,15)16)10-7-9(17-3)5-6-12(10)18-13/h5-7,11,14H,8H2,1-4H3. The van der Waals surface area contributed by atoms with E-state index in [0.29, 0.717) is 17.9 Å². The fourth-order valence-corrected chi connectivity index (χ4v) is 3.05. The second-order valence-electron chi connectivity index (χ2n) is 5.41. The van der Waals surface area contributed by atoms with E-state index in [2.05, 4.69) is 4.72 Å². The number of hydrogen-bond donors (Lipinski definition) is 1. The molecule has 1 atom stereocenters. The Labute approximate surface area is 114 Å². The molecule has 19 heavy (non-hydrogen) atoms. The highest BCUT2D eigenvalue weighted by atomic mass is 32.2. The number of nitrogens with one attached hydrogen (secondary N) is 1. The number of rotatable bonds is 3. The van der Waals surface area contributed by atoms with Crippen LogP contribution >= 0.6 is 0 Å². The largest absolute Gasteiger partial charge is 0.497 e. The van der Waals surface area contributed by atoms with Crippen molar-refractivity contribution in [3.05, 3.63) is 23.8 Å². The van der Waals surface area contributed by atoms with Gasteiger partial charge in [-0.3, -0.25) is 0 Å². The smallest absolute Gasteiger partial charge is 0.209 e. The molecule has 0 spiro atoms. The molecule has 0 saturated carbocycles. The van der Waals surface area contributed by atoms with Gasteiger partial charge in [0.15, 0.2) is 0 Å². The minimum absolute atomic E-state index is 0.302. The molecule has 0 radical (unpaired) electrons. The highest BCUT2D eigenvalue weighted by Crippen LogP contribution is 2.41. The van der Waals surface area contributed by atoms with Crippen molar-refractivity contribution in [2.24, 2.45) is 0 Å². The maximum Gasteiger partial charge on any atom is 0.209 e. The number of fused-ring (bicyclic) bond motifs is 1. The normalized spacial score (nSPS) is 21.4. The van der Waals surface area contributed by atoms with Crippen LogP contribution in [-0.4, -0.2) is 27.4 Å². The Kier molecular flexibility index (Phi) is 3.49. The van der Waals surface area contributed by atoms with Crippen LogP contribution in [-0.2, 0) is 10.0 Å². The van der Waals surface area contributed by atoms with Crippen molar-refractivity contribution in [2.45, 2.75) is 31.9 Å². The predicted molar refractivity (Wildman–Crippen MR) is 73.0 cm³/mol. The van der Waals surface area contributed by atoms with E-state index in [1.54, 1.807) is 13.2 Å². The summed E-state index contributed by atoms with van der Waals surface area (Å²) in [7, 11) is -1.70. The van der Waals surface area contributed by atoms with E-state index >= 15 is 0 Å². The molecule has 0 amide bonds. The molecule has 1 aromatic rings. The predicted octanol–water partition coefficient (Wildman–Crippen LogP) is 1.85. The summed E-state index contributed by atoms with van der Waals surface area (Å²) in [4.78, 5) is 0. The summed E-state index contributed by atoms with van der Waals surface area (Å²) in [6.07, 6.45) is 1.73. The lowest BCUT2D eigenvalue weighted by Crippen LogP contribution is -2.41. The molecule has 1 N–H and O–H groups in total. The van der Waals surface area contributed by atoms with Crippen molar-refractivity contribution >= 4 is 10.0 Å². The van der Waals surface area contributed by atoms with Crippen LogP contribution in [0.4, 0.5) is 0 Å². The first kappa shape index (κ1) is 14.1. The molecule has 0 aromatic heterocycles. The van der Waals surface area contributed by atoms with Gasteiger partial charge in [0.25, 0.3) is 0 Å². The fourth-order valence-electron chi connectivity index (χ4n) is 2.32. The van der Waals surface area contributed by atoms with Crippen LogP contribution in [0.5, 0.6) is 11.5 Å². The van der Waals surface area contributed by atoms with E-state index in [9.17, 15) is 8.42 Å². The van der Waals surface area contributed by atoms with Crippen LogP contribution in [0.3, 0.4) is 0 Å². The quantitative estimate of drug-likeness (QED) is 0.920. The van der Waals surface area contributed by atoms with E-state index < -0.39 is 15.6 Å². The zero-order valence-electron chi connectivity index (χ0n) is 11.6. The molecule has 0 bridgehead atoms. The third-order valence-corrected chi connectivity index (χ3v) is 3.74. The Morgan fingerprint density at radius 1 is 1.42 bits per heavy atom. The van der Waals surface area contributed by atoms with Crippen LogP contribution in [0, 0.1) is 0 Å². The second-order valence-corrected chi connectivity index (χ2v) is 7.19. The van der Waals surface area contributed by atoms with Crippen molar-refractivity contribution < 1.29 is 17.9 Å². The van der Waals surface area contributed by atoms with Gasteiger partial charge in [-0.05, 0) is 32.0 Å². The van der Waals surface area contributed by atoms with Crippen molar-refractivity contribution in [2.75, 3.05) is 13.4 Å². The average Bonchev–Trinajstić information content (AvgIpc) is 2.25. The zero-order valence-corrected chi connectivity index (χ0v) is 12.4. The monoisotopic (exact) mass is 285 g/mol. The maximum atomic E-state index is 11.5. The van der Waals surface area contributed by atoms with Gasteiger partial charge in [-0.25, -0.2) is 13.1 Å². The van der Waals surface area contributed by atoms with E-state index in [-0.39, 0.29) is 6.04 Å². The molecule has 106 valence electrons. The minimum Gasteiger partial charge on any atom is -0.497 e. The SMILES string of the molecule is COc1ccc2c(c1)C(NS(C)(=O)=O)CC(C)(C)O2. The van der Waals surface area contributed by atoms with Crippen LogP contribution in [0.1, 0.15) is 31.9 Å². The zero-order chi connectivity index (χ0) is 14.3. The third-order valence-electron chi connectivity index (χ3n) is 3.03. The minimum atomic E-state index is -3.28. The molecule has 6 heteroatoms. The Morgan fingerprint density at radius 3 is 2.68 bits per heavy atom. The summed E-state index contributed by atoms with van der Waals surface area (Å²) in [5.41, 5.74) is 0.397. The molecule has 5 nitrogen and oxygen atoms in total. The maximum absolute atomic E-state index is 11.5. The van der Waals surface area contributed by atoms with Gasteiger partial charge < -0.3 is 9.47 Å². The molecule has 1 unspecified atom stereocenters. The molecule has 1 aromatic carbocycles. The summed E-state index contributed by atoms with van der Waals surface area (Å²) < 4.78 is 36.7.